The first-order chi connectivity index (χ1) is 9.52. The molecule has 6 heteroatoms. The molecule has 0 spiro atoms. The van der Waals surface area contributed by atoms with Gasteiger partial charge in [-0.25, -0.2) is 4.98 Å². The van der Waals surface area contributed by atoms with Gasteiger partial charge in [0.1, 0.15) is 5.82 Å². The molecule has 1 saturated carbocycles. The van der Waals surface area contributed by atoms with Gasteiger partial charge in [0.15, 0.2) is 0 Å². The number of hydrogen-bond donors (Lipinski definition) is 1. The van der Waals surface area contributed by atoms with Crippen molar-refractivity contribution in [3.63, 3.8) is 0 Å². The lowest BCUT2D eigenvalue weighted by atomic mass is 9.87. The Morgan fingerprint density at radius 2 is 2.00 bits per heavy atom. The molecule has 1 aliphatic carbocycles. The molecular formula is C14H22N4O2. The van der Waals surface area contributed by atoms with E-state index in [9.17, 15) is 10.1 Å². The second-order valence-corrected chi connectivity index (χ2v) is 5.57. The molecule has 0 bridgehead atoms. The largest absolute Gasteiger partial charge is 0.373 e. The third-order valence-corrected chi connectivity index (χ3v) is 4.17. The molecule has 0 atom stereocenters. The summed E-state index contributed by atoms with van der Waals surface area (Å²) >= 11 is 0. The topological polar surface area (TPSA) is 71.3 Å². The SMILES string of the molecule is CNc1ccc([N+](=O)[O-])c(N(C)C2CCC(C)CC2)n1. The van der Waals surface area contributed by atoms with Gasteiger partial charge >= 0.3 is 5.69 Å². The van der Waals surface area contributed by atoms with Gasteiger partial charge in [-0.2, -0.15) is 0 Å². The van der Waals surface area contributed by atoms with Gasteiger partial charge in [-0.15, -0.1) is 0 Å². The molecule has 1 N–H and O–H groups in total. The minimum Gasteiger partial charge on any atom is -0.373 e. The summed E-state index contributed by atoms with van der Waals surface area (Å²) in [6.45, 7) is 2.26. The van der Waals surface area contributed by atoms with E-state index in [1.165, 1.54) is 18.9 Å². The molecule has 0 saturated heterocycles. The quantitative estimate of drug-likeness (QED) is 0.677. The van der Waals surface area contributed by atoms with Crippen molar-refractivity contribution in [1.29, 1.82) is 0 Å². The van der Waals surface area contributed by atoms with Crippen LogP contribution in [0.2, 0.25) is 0 Å². The molecule has 1 fully saturated rings. The summed E-state index contributed by atoms with van der Waals surface area (Å²) in [6, 6.07) is 3.50. The Hall–Kier alpha value is -1.85. The molecule has 0 aromatic carbocycles. The van der Waals surface area contributed by atoms with E-state index >= 15 is 0 Å². The van der Waals surface area contributed by atoms with Crippen molar-refractivity contribution >= 4 is 17.3 Å². The van der Waals surface area contributed by atoms with Crippen LogP contribution in [0.3, 0.4) is 0 Å². The molecule has 1 aliphatic rings. The van der Waals surface area contributed by atoms with E-state index in [2.05, 4.69) is 17.2 Å². The number of pyridine rings is 1. The summed E-state index contributed by atoms with van der Waals surface area (Å²) in [5, 5.41) is 14.1. The summed E-state index contributed by atoms with van der Waals surface area (Å²) in [5.41, 5.74) is 0.0742. The van der Waals surface area contributed by atoms with E-state index in [1.54, 1.807) is 13.1 Å². The maximum Gasteiger partial charge on any atom is 0.311 e. The number of hydrogen-bond acceptors (Lipinski definition) is 5. The molecule has 0 radical (unpaired) electrons. The van der Waals surface area contributed by atoms with Crippen LogP contribution in [0.15, 0.2) is 12.1 Å². The van der Waals surface area contributed by atoms with Gasteiger partial charge in [0.2, 0.25) is 5.82 Å². The maximum absolute atomic E-state index is 11.2. The Bertz CT molecular complexity index is 484. The fourth-order valence-corrected chi connectivity index (χ4v) is 2.79. The molecule has 0 aliphatic heterocycles. The predicted octanol–water partition coefficient (Wildman–Crippen LogP) is 3.05. The van der Waals surface area contributed by atoms with E-state index in [1.807, 2.05) is 11.9 Å². The standard InChI is InChI=1S/C14H22N4O2/c1-10-4-6-11(7-5-10)17(3)14-12(18(19)20)8-9-13(15-2)16-14/h8-11H,4-7H2,1-3H3,(H,15,16). The lowest BCUT2D eigenvalue weighted by Gasteiger charge is -2.34. The summed E-state index contributed by atoms with van der Waals surface area (Å²) in [6.07, 6.45) is 4.49. The van der Waals surface area contributed by atoms with E-state index in [4.69, 9.17) is 0 Å². The van der Waals surface area contributed by atoms with Crippen molar-refractivity contribution in [2.45, 2.75) is 38.6 Å². The Balaban J connectivity index is 2.27. The average Bonchev–Trinajstić information content (AvgIpc) is 2.46. The van der Waals surface area contributed by atoms with Gasteiger partial charge < -0.3 is 10.2 Å². The molecule has 6 nitrogen and oxygen atoms in total. The van der Waals surface area contributed by atoms with Crippen LogP contribution in [0.4, 0.5) is 17.3 Å². The average molecular weight is 278 g/mol. The summed E-state index contributed by atoms with van der Waals surface area (Å²) in [4.78, 5) is 17.2. The zero-order chi connectivity index (χ0) is 14.7. The van der Waals surface area contributed by atoms with Gasteiger partial charge in [-0.05, 0) is 37.7 Å². The Morgan fingerprint density at radius 1 is 1.35 bits per heavy atom. The second-order valence-electron chi connectivity index (χ2n) is 5.57. The molecule has 1 aromatic heterocycles. The number of anilines is 2. The third kappa shape index (κ3) is 3.00. The summed E-state index contributed by atoms with van der Waals surface area (Å²) in [5.74, 6) is 1.87. The zero-order valence-electron chi connectivity index (χ0n) is 12.3. The second kappa shape index (κ2) is 6.07. The summed E-state index contributed by atoms with van der Waals surface area (Å²) in [7, 11) is 3.68. The monoisotopic (exact) mass is 278 g/mol. The molecule has 0 unspecified atom stereocenters. The first-order valence-electron chi connectivity index (χ1n) is 7.09. The van der Waals surface area contributed by atoms with Crippen molar-refractivity contribution in [3.8, 4) is 0 Å². The van der Waals surface area contributed by atoms with Crippen molar-refractivity contribution in [2.24, 2.45) is 5.92 Å². The Kier molecular flexibility index (Phi) is 4.42. The van der Waals surface area contributed by atoms with Gasteiger partial charge in [0.05, 0.1) is 4.92 Å². The van der Waals surface area contributed by atoms with Gasteiger partial charge in [-0.1, -0.05) is 6.92 Å². The van der Waals surface area contributed by atoms with Crippen LogP contribution in [-0.2, 0) is 0 Å². The molecule has 110 valence electrons. The van der Waals surface area contributed by atoms with Gasteiger partial charge in [0.25, 0.3) is 0 Å². The molecule has 1 heterocycles. The zero-order valence-corrected chi connectivity index (χ0v) is 12.3. The van der Waals surface area contributed by atoms with Crippen LogP contribution < -0.4 is 10.2 Å². The van der Waals surface area contributed by atoms with E-state index < -0.39 is 0 Å². The third-order valence-electron chi connectivity index (χ3n) is 4.17. The highest BCUT2D eigenvalue weighted by Crippen LogP contribution is 2.33. The lowest BCUT2D eigenvalue weighted by Crippen LogP contribution is -2.35. The maximum atomic E-state index is 11.2. The predicted molar refractivity (Wildman–Crippen MR) is 80.3 cm³/mol. The van der Waals surface area contributed by atoms with Crippen molar-refractivity contribution in [2.75, 3.05) is 24.3 Å². The lowest BCUT2D eigenvalue weighted by molar-refractivity contribution is -0.384. The molecule has 20 heavy (non-hydrogen) atoms. The number of rotatable bonds is 4. The summed E-state index contributed by atoms with van der Waals surface area (Å²) < 4.78 is 0. The van der Waals surface area contributed by atoms with Crippen LogP contribution in [0.5, 0.6) is 0 Å². The van der Waals surface area contributed by atoms with E-state index in [0.717, 1.165) is 18.8 Å². The molecular weight excluding hydrogens is 256 g/mol. The highest BCUT2D eigenvalue weighted by molar-refractivity contribution is 5.61. The molecule has 0 amide bonds. The minimum atomic E-state index is -0.357. The highest BCUT2D eigenvalue weighted by Gasteiger charge is 2.27. The van der Waals surface area contributed by atoms with Crippen LogP contribution in [-0.4, -0.2) is 30.0 Å². The number of nitrogens with one attached hydrogen (secondary N) is 1. The van der Waals surface area contributed by atoms with E-state index in [0.29, 0.717) is 17.7 Å². The van der Waals surface area contributed by atoms with Crippen LogP contribution in [0.25, 0.3) is 0 Å². The number of nitrogens with zero attached hydrogens (tertiary/aromatic N) is 3. The Morgan fingerprint density at radius 3 is 2.55 bits per heavy atom. The van der Waals surface area contributed by atoms with Crippen molar-refractivity contribution in [3.05, 3.63) is 22.2 Å². The first-order valence-corrected chi connectivity index (χ1v) is 7.09. The fourth-order valence-electron chi connectivity index (χ4n) is 2.79. The minimum absolute atomic E-state index is 0.0742. The normalized spacial score (nSPS) is 22.4. The van der Waals surface area contributed by atoms with Crippen LogP contribution in [0, 0.1) is 16.0 Å². The van der Waals surface area contributed by atoms with E-state index in [-0.39, 0.29) is 10.6 Å². The number of aromatic nitrogens is 1. The van der Waals surface area contributed by atoms with Crippen molar-refractivity contribution in [1.82, 2.24) is 4.98 Å². The van der Waals surface area contributed by atoms with Gasteiger partial charge in [-0.3, -0.25) is 10.1 Å². The van der Waals surface area contributed by atoms with Crippen LogP contribution >= 0.6 is 0 Å². The van der Waals surface area contributed by atoms with Gasteiger partial charge in [0, 0.05) is 26.2 Å². The van der Waals surface area contributed by atoms with Crippen LogP contribution in [0.1, 0.15) is 32.6 Å². The fraction of sp³-hybridized carbons (Fsp3) is 0.643. The number of nitro groups is 1. The smallest absolute Gasteiger partial charge is 0.311 e. The highest BCUT2D eigenvalue weighted by atomic mass is 16.6. The molecule has 2 rings (SSSR count). The first kappa shape index (κ1) is 14.6. The van der Waals surface area contributed by atoms with Crippen molar-refractivity contribution < 1.29 is 4.92 Å². The Labute approximate surface area is 119 Å². The molecule has 1 aromatic rings.